The molecule has 0 fully saturated rings. The zero-order chi connectivity index (χ0) is 13.9. The van der Waals surface area contributed by atoms with E-state index in [4.69, 9.17) is 0 Å². The quantitative estimate of drug-likeness (QED) is 0.606. The molecule has 0 bridgehead atoms. The van der Waals surface area contributed by atoms with E-state index in [2.05, 4.69) is 44.6 Å². The molecule has 1 aliphatic carbocycles. The molecule has 2 nitrogen and oxygen atoms in total. The largest absolute Gasteiger partial charge is 0.238 e. The van der Waals surface area contributed by atoms with Crippen molar-refractivity contribution >= 4 is 0 Å². The van der Waals surface area contributed by atoms with Gasteiger partial charge in [-0.15, -0.1) is 0 Å². The molecule has 0 saturated heterocycles. The summed E-state index contributed by atoms with van der Waals surface area (Å²) in [6.07, 6.45) is 0.961. The fourth-order valence-electron chi connectivity index (χ4n) is 3.35. The Morgan fingerprint density at radius 1 is 0.684 bits per heavy atom. The first-order valence-corrected chi connectivity index (χ1v) is 6.85. The summed E-state index contributed by atoms with van der Waals surface area (Å²) in [6, 6.07) is 0. The van der Waals surface area contributed by atoms with Crippen LogP contribution >= 0.6 is 0 Å². The first kappa shape index (κ1) is 12.3. The van der Waals surface area contributed by atoms with Gasteiger partial charge >= 0.3 is 0 Å². The average molecular weight is 252 g/mol. The lowest BCUT2D eigenvalue weighted by atomic mass is 9.89. The molecule has 3 rings (SSSR count). The summed E-state index contributed by atoms with van der Waals surface area (Å²) in [4.78, 5) is 9.22. The Bertz CT molecular complexity index is 712. The Labute approximate surface area is 114 Å². The number of rotatable bonds is 0. The molecule has 1 aromatic carbocycles. The molecule has 0 aliphatic heterocycles. The zero-order valence-corrected chi connectivity index (χ0v) is 12.6. The average Bonchev–Trinajstić information content (AvgIpc) is 2.73. The molecule has 0 N–H and O–H groups in total. The predicted molar refractivity (Wildman–Crippen MR) is 78.7 cm³/mol. The minimum atomic E-state index is 0.882. The van der Waals surface area contributed by atoms with Gasteiger partial charge in [0.05, 0.1) is 5.69 Å². The smallest absolute Gasteiger partial charge is 0.125 e. The van der Waals surface area contributed by atoms with Crippen LogP contribution in [0.3, 0.4) is 0 Å². The van der Waals surface area contributed by atoms with E-state index in [1.165, 1.54) is 44.6 Å². The van der Waals surface area contributed by atoms with Gasteiger partial charge in [0.2, 0.25) is 0 Å². The summed E-state index contributed by atoms with van der Waals surface area (Å²) >= 11 is 0. The van der Waals surface area contributed by atoms with Crippen molar-refractivity contribution in [3.05, 3.63) is 45.0 Å². The van der Waals surface area contributed by atoms with Crippen LogP contribution < -0.4 is 0 Å². The van der Waals surface area contributed by atoms with Gasteiger partial charge in [-0.2, -0.15) is 0 Å². The highest BCUT2D eigenvalue weighted by atomic mass is 14.9. The molecule has 2 aromatic rings. The van der Waals surface area contributed by atoms with Gasteiger partial charge in [0.15, 0.2) is 0 Å². The Kier molecular flexibility index (Phi) is 2.53. The Morgan fingerprint density at radius 3 is 2.00 bits per heavy atom. The van der Waals surface area contributed by atoms with E-state index < -0.39 is 0 Å². The molecule has 2 heteroatoms. The second-order valence-electron chi connectivity index (χ2n) is 5.71. The first-order chi connectivity index (χ1) is 8.91. The Hall–Kier alpha value is -1.70. The van der Waals surface area contributed by atoms with Crippen LogP contribution in [0.2, 0.25) is 0 Å². The molecule has 0 atom stereocenters. The second-order valence-corrected chi connectivity index (χ2v) is 5.71. The van der Waals surface area contributed by atoms with Crippen LogP contribution in [-0.2, 0) is 6.42 Å². The van der Waals surface area contributed by atoms with Crippen molar-refractivity contribution in [3.8, 4) is 11.1 Å². The molecule has 0 unspecified atom stereocenters. The highest BCUT2D eigenvalue weighted by Gasteiger charge is 2.27. The summed E-state index contributed by atoms with van der Waals surface area (Å²) in [5.74, 6) is 0.882. The minimum Gasteiger partial charge on any atom is -0.238 e. The van der Waals surface area contributed by atoms with Crippen LogP contribution in [0.5, 0.6) is 0 Å². The van der Waals surface area contributed by atoms with Gasteiger partial charge in [-0.25, -0.2) is 9.97 Å². The molecule has 0 saturated carbocycles. The van der Waals surface area contributed by atoms with Gasteiger partial charge in [-0.3, -0.25) is 0 Å². The Balaban J connectivity index is 2.42. The molecule has 19 heavy (non-hydrogen) atoms. The maximum absolute atomic E-state index is 4.66. The van der Waals surface area contributed by atoms with Crippen LogP contribution in [-0.4, -0.2) is 9.97 Å². The van der Waals surface area contributed by atoms with E-state index in [9.17, 15) is 0 Å². The molecule has 1 aromatic heterocycles. The van der Waals surface area contributed by atoms with Crippen LogP contribution in [0, 0.1) is 41.5 Å². The normalized spacial score (nSPS) is 12.5. The topological polar surface area (TPSA) is 25.8 Å². The van der Waals surface area contributed by atoms with Gasteiger partial charge in [0.1, 0.15) is 5.82 Å². The molecule has 1 aliphatic rings. The van der Waals surface area contributed by atoms with Crippen molar-refractivity contribution in [2.45, 2.75) is 48.0 Å². The number of benzene rings is 1. The van der Waals surface area contributed by atoms with Gasteiger partial charge < -0.3 is 0 Å². The summed E-state index contributed by atoms with van der Waals surface area (Å²) in [6.45, 7) is 13.0. The standard InChI is InChI=1S/C17H20N2/c1-8-9(2)11(4)16-14(10(8)3)7-15-17(16)12(5)18-13(6)19-15/h7H2,1-6H3. The number of nitrogens with zero attached hydrogens (tertiary/aromatic N) is 2. The van der Waals surface area contributed by atoms with Crippen molar-refractivity contribution in [2.24, 2.45) is 0 Å². The molecule has 0 spiro atoms. The minimum absolute atomic E-state index is 0.882. The van der Waals surface area contributed by atoms with Gasteiger partial charge in [0, 0.05) is 17.7 Å². The molecule has 98 valence electrons. The van der Waals surface area contributed by atoms with Crippen molar-refractivity contribution in [1.82, 2.24) is 9.97 Å². The van der Waals surface area contributed by atoms with Crippen molar-refractivity contribution in [3.63, 3.8) is 0 Å². The first-order valence-electron chi connectivity index (χ1n) is 6.85. The molecule has 0 amide bonds. The SMILES string of the molecule is Cc1nc(C)c2c(n1)Cc1c(C)c(C)c(C)c(C)c1-2. The van der Waals surface area contributed by atoms with Crippen LogP contribution in [0.25, 0.3) is 11.1 Å². The number of hydrogen-bond acceptors (Lipinski definition) is 2. The van der Waals surface area contributed by atoms with Gasteiger partial charge in [-0.1, -0.05) is 0 Å². The highest BCUT2D eigenvalue weighted by molar-refractivity contribution is 5.82. The molecular formula is C17H20N2. The summed E-state index contributed by atoms with van der Waals surface area (Å²) in [5, 5.41) is 0. The van der Waals surface area contributed by atoms with E-state index in [1.54, 1.807) is 0 Å². The maximum Gasteiger partial charge on any atom is 0.125 e. The zero-order valence-electron chi connectivity index (χ0n) is 12.6. The van der Waals surface area contributed by atoms with Gasteiger partial charge in [0.25, 0.3) is 0 Å². The summed E-state index contributed by atoms with van der Waals surface area (Å²) < 4.78 is 0. The third-order valence-electron chi connectivity index (χ3n) is 4.69. The number of fused-ring (bicyclic) bond motifs is 3. The number of aromatic nitrogens is 2. The highest BCUT2D eigenvalue weighted by Crippen LogP contribution is 2.43. The van der Waals surface area contributed by atoms with E-state index >= 15 is 0 Å². The number of aryl methyl sites for hydroxylation is 2. The fourth-order valence-corrected chi connectivity index (χ4v) is 3.35. The summed E-state index contributed by atoms with van der Waals surface area (Å²) in [5.41, 5.74) is 12.1. The third kappa shape index (κ3) is 1.55. The summed E-state index contributed by atoms with van der Waals surface area (Å²) in [7, 11) is 0. The number of hydrogen-bond donors (Lipinski definition) is 0. The van der Waals surface area contributed by atoms with Crippen molar-refractivity contribution < 1.29 is 0 Å². The lowest BCUT2D eigenvalue weighted by Gasteiger charge is -2.16. The van der Waals surface area contributed by atoms with Crippen LogP contribution in [0.4, 0.5) is 0 Å². The van der Waals surface area contributed by atoms with Crippen LogP contribution in [0.1, 0.15) is 45.0 Å². The van der Waals surface area contributed by atoms with Crippen molar-refractivity contribution in [2.75, 3.05) is 0 Å². The van der Waals surface area contributed by atoms with E-state index in [0.717, 1.165) is 17.9 Å². The predicted octanol–water partition coefficient (Wildman–Crippen LogP) is 3.90. The van der Waals surface area contributed by atoms with E-state index in [0.29, 0.717) is 0 Å². The molecule has 0 radical (unpaired) electrons. The van der Waals surface area contributed by atoms with Crippen molar-refractivity contribution in [1.29, 1.82) is 0 Å². The maximum atomic E-state index is 4.66. The van der Waals surface area contributed by atoms with Crippen LogP contribution in [0.15, 0.2) is 0 Å². The lowest BCUT2D eigenvalue weighted by molar-refractivity contribution is 0.965. The fraction of sp³-hybridized carbons (Fsp3) is 0.412. The monoisotopic (exact) mass is 252 g/mol. The molecule has 1 heterocycles. The Morgan fingerprint density at radius 2 is 1.32 bits per heavy atom. The second kappa shape index (κ2) is 3.89. The van der Waals surface area contributed by atoms with E-state index in [1.807, 2.05) is 6.92 Å². The van der Waals surface area contributed by atoms with Gasteiger partial charge in [-0.05, 0) is 74.9 Å². The molecular weight excluding hydrogens is 232 g/mol. The van der Waals surface area contributed by atoms with E-state index in [-0.39, 0.29) is 0 Å². The third-order valence-corrected chi connectivity index (χ3v) is 4.69. The lowest BCUT2D eigenvalue weighted by Crippen LogP contribution is -1.99.